The van der Waals surface area contributed by atoms with Gasteiger partial charge in [-0.1, -0.05) is 48.6 Å². The van der Waals surface area contributed by atoms with Crippen molar-refractivity contribution in [2.75, 3.05) is 0 Å². The minimum Gasteiger partial charge on any atom is -0.347 e. The van der Waals surface area contributed by atoms with Crippen LogP contribution in [-0.2, 0) is 18.2 Å². The Morgan fingerprint density at radius 1 is 1.00 bits per heavy atom. The fraction of sp³-hybridized carbons (Fsp3) is 0.0769. The van der Waals surface area contributed by atoms with Crippen LogP contribution >= 0.6 is 32.0 Å². The average molecular weight is 337 g/mol. The second-order valence-corrected chi connectivity index (χ2v) is 5.41. The van der Waals surface area contributed by atoms with E-state index < -0.39 is 7.15 Å². The quantitative estimate of drug-likeness (QED) is 0.720. The third-order valence-electron chi connectivity index (χ3n) is 2.66. The molecular formula is C13H15Cl2O2PS. The number of halogens is 2. The molecule has 0 saturated carbocycles. The summed E-state index contributed by atoms with van der Waals surface area (Å²) in [6.45, 7) is 0. The molecule has 3 rings (SSSR count). The summed E-state index contributed by atoms with van der Waals surface area (Å²) in [4.78, 5) is 15.1. The summed E-state index contributed by atoms with van der Waals surface area (Å²) in [5.41, 5.74) is 2.81. The molecule has 0 aromatic heterocycles. The monoisotopic (exact) mass is 336 g/mol. The summed E-state index contributed by atoms with van der Waals surface area (Å²) in [6.07, 6.45) is 5.53. The summed E-state index contributed by atoms with van der Waals surface area (Å²) in [7, 11) is -2.30. The lowest BCUT2D eigenvalue weighted by Gasteiger charge is -2.11. The van der Waals surface area contributed by atoms with Crippen molar-refractivity contribution in [3.63, 3.8) is 0 Å². The van der Waals surface area contributed by atoms with Gasteiger partial charge in [-0.3, -0.25) is 0 Å². The van der Waals surface area contributed by atoms with Gasteiger partial charge in [0, 0.05) is 0 Å². The molecule has 2 N–H and O–H groups in total. The Morgan fingerprint density at radius 2 is 1.58 bits per heavy atom. The van der Waals surface area contributed by atoms with Crippen LogP contribution in [0.2, 0.25) is 0 Å². The van der Waals surface area contributed by atoms with E-state index in [0.29, 0.717) is 0 Å². The Balaban J connectivity index is 0.000000486. The SMILES string of the molecule is C1=Cc2cccc3cccc(c23)C1.Cl.Cl.O[PH](O)=S. The van der Waals surface area contributed by atoms with Gasteiger partial charge in [0.15, 0.2) is 7.15 Å². The normalized spacial score (nSPS) is 11.1. The molecule has 0 radical (unpaired) electrons. The Kier molecular flexibility index (Phi) is 8.51. The molecule has 1 aliphatic carbocycles. The van der Waals surface area contributed by atoms with Crippen LogP contribution in [0.1, 0.15) is 11.1 Å². The van der Waals surface area contributed by atoms with Crippen LogP contribution in [0.3, 0.4) is 0 Å². The Bertz CT molecular complexity index is 593. The number of allylic oxidation sites excluding steroid dienone is 1. The Hall–Kier alpha value is -0.410. The van der Waals surface area contributed by atoms with Crippen molar-refractivity contribution in [3.05, 3.63) is 53.6 Å². The van der Waals surface area contributed by atoms with Crippen molar-refractivity contribution in [1.82, 2.24) is 0 Å². The molecule has 0 saturated heterocycles. The van der Waals surface area contributed by atoms with Gasteiger partial charge in [-0.05, 0) is 40.1 Å². The molecule has 104 valence electrons. The third-order valence-corrected chi connectivity index (χ3v) is 2.66. The number of hydrogen-bond donors (Lipinski definition) is 2. The zero-order valence-corrected chi connectivity index (χ0v) is 13.4. The van der Waals surface area contributed by atoms with Crippen LogP contribution < -0.4 is 0 Å². The van der Waals surface area contributed by atoms with Gasteiger partial charge in [0.25, 0.3) is 0 Å². The van der Waals surface area contributed by atoms with E-state index in [4.69, 9.17) is 9.79 Å². The van der Waals surface area contributed by atoms with Gasteiger partial charge < -0.3 is 9.79 Å². The highest BCUT2D eigenvalue weighted by Crippen LogP contribution is 2.27. The lowest BCUT2D eigenvalue weighted by atomic mass is 9.93. The molecule has 0 heterocycles. The highest BCUT2D eigenvalue weighted by atomic mass is 35.5. The second kappa shape index (κ2) is 8.70. The Labute approximate surface area is 130 Å². The van der Waals surface area contributed by atoms with Crippen molar-refractivity contribution < 1.29 is 9.79 Å². The van der Waals surface area contributed by atoms with Crippen molar-refractivity contribution >= 4 is 60.6 Å². The van der Waals surface area contributed by atoms with Crippen LogP contribution in [0.5, 0.6) is 0 Å². The average Bonchev–Trinajstić information content (AvgIpc) is 2.30. The smallest absolute Gasteiger partial charge is 0.170 e. The van der Waals surface area contributed by atoms with Crippen LogP contribution in [0.4, 0.5) is 0 Å². The second-order valence-electron chi connectivity index (χ2n) is 3.75. The van der Waals surface area contributed by atoms with Gasteiger partial charge in [0.2, 0.25) is 0 Å². The van der Waals surface area contributed by atoms with Gasteiger partial charge in [0.05, 0.1) is 0 Å². The molecule has 2 aromatic rings. The fourth-order valence-electron chi connectivity index (χ4n) is 2.07. The third kappa shape index (κ3) is 4.88. The van der Waals surface area contributed by atoms with E-state index in [1.807, 2.05) is 0 Å². The predicted molar refractivity (Wildman–Crippen MR) is 91.3 cm³/mol. The molecule has 6 heteroatoms. The highest BCUT2D eigenvalue weighted by molar-refractivity contribution is 7.99. The number of benzene rings is 2. The first-order chi connectivity index (χ1) is 8.18. The minimum atomic E-state index is -2.30. The summed E-state index contributed by atoms with van der Waals surface area (Å²) < 4.78 is 0. The van der Waals surface area contributed by atoms with Crippen LogP contribution in [-0.4, -0.2) is 9.79 Å². The van der Waals surface area contributed by atoms with Crippen LogP contribution in [0.15, 0.2) is 42.5 Å². The predicted octanol–water partition coefficient (Wildman–Crippen LogP) is 3.73. The lowest BCUT2D eigenvalue weighted by molar-refractivity contribution is 0.509. The molecule has 0 spiro atoms. The zero-order chi connectivity index (χ0) is 12.3. The molecule has 19 heavy (non-hydrogen) atoms. The molecule has 0 bridgehead atoms. The van der Waals surface area contributed by atoms with Crippen LogP contribution in [0.25, 0.3) is 16.8 Å². The lowest BCUT2D eigenvalue weighted by Crippen LogP contribution is -1.91. The van der Waals surface area contributed by atoms with Crippen molar-refractivity contribution in [1.29, 1.82) is 0 Å². The van der Waals surface area contributed by atoms with Crippen molar-refractivity contribution in [2.45, 2.75) is 6.42 Å². The summed E-state index contributed by atoms with van der Waals surface area (Å²) in [5, 5.41) is 2.80. The molecular weight excluding hydrogens is 322 g/mol. The molecule has 1 aliphatic rings. The topological polar surface area (TPSA) is 40.5 Å². The van der Waals surface area contributed by atoms with Gasteiger partial charge >= 0.3 is 0 Å². The molecule has 2 nitrogen and oxygen atoms in total. The molecule has 2 aromatic carbocycles. The molecule has 0 unspecified atom stereocenters. The Morgan fingerprint density at radius 3 is 2.21 bits per heavy atom. The summed E-state index contributed by atoms with van der Waals surface area (Å²) in [6, 6.07) is 13.0. The van der Waals surface area contributed by atoms with E-state index in [1.165, 1.54) is 21.9 Å². The minimum absolute atomic E-state index is 0. The molecule has 0 fully saturated rings. The van der Waals surface area contributed by atoms with Crippen LogP contribution in [0, 0.1) is 0 Å². The number of rotatable bonds is 0. The van der Waals surface area contributed by atoms with Gasteiger partial charge in [-0.25, -0.2) is 0 Å². The maximum absolute atomic E-state index is 7.53. The van der Waals surface area contributed by atoms with E-state index in [1.54, 1.807) is 0 Å². The van der Waals surface area contributed by atoms with Crippen molar-refractivity contribution in [3.8, 4) is 0 Å². The summed E-state index contributed by atoms with van der Waals surface area (Å²) >= 11 is 3.83. The van der Waals surface area contributed by atoms with E-state index in [9.17, 15) is 0 Å². The van der Waals surface area contributed by atoms with Gasteiger partial charge in [0.1, 0.15) is 0 Å². The maximum atomic E-state index is 7.53. The largest absolute Gasteiger partial charge is 0.347 e. The van der Waals surface area contributed by atoms with E-state index >= 15 is 0 Å². The van der Waals surface area contributed by atoms with E-state index in [0.717, 1.165) is 6.42 Å². The van der Waals surface area contributed by atoms with Gasteiger partial charge in [-0.15, -0.1) is 24.8 Å². The first kappa shape index (κ1) is 18.6. The fourth-order valence-corrected chi connectivity index (χ4v) is 2.07. The maximum Gasteiger partial charge on any atom is 0.170 e. The summed E-state index contributed by atoms with van der Waals surface area (Å²) in [5.74, 6) is 0. The first-order valence-corrected chi connectivity index (χ1v) is 7.80. The van der Waals surface area contributed by atoms with Gasteiger partial charge in [-0.2, -0.15) is 0 Å². The van der Waals surface area contributed by atoms with E-state index in [-0.39, 0.29) is 24.8 Å². The zero-order valence-electron chi connectivity index (χ0n) is 9.95. The highest BCUT2D eigenvalue weighted by Gasteiger charge is 2.06. The number of hydrogen-bond acceptors (Lipinski definition) is 1. The molecule has 0 atom stereocenters. The van der Waals surface area contributed by atoms with E-state index in [2.05, 4.69) is 60.4 Å². The van der Waals surface area contributed by atoms with Crippen molar-refractivity contribution in [2.24, 2.45) is 0 Å². The first-order valence-electron chi connectivity index (χ1n) is 5.27. The molecule has 0 amide bonds. The molecule has 0 aliphatic heterocycles. The standard InChI is InChI=1S/C13H10.2ClH.H3O2PS/c1-4-10-6-2-8-12-9-3-7-11(5-1)13(10)12;;;1-3(2)4/h1-8H,9H2;2*1H;3H,(H2,1,2,4).